The normalized spacial score (nSPS) is 12.2. The number of halogens is 2. The maximum atomic E-state index is 12.3. The molecule has 21 heavy (non-hydrogen) atoms. The van der Waals surface area contributed by atoms with Crippen LogP contribution in [0.4, 0.5) is 5.69 Å². The summed E-state index contributed by atoms with van der Waals surface area (Å²) in [4.78, 5) is 12.3. The summed E-state index contributed by atoms with van der Waals surface area (Å²) in [5.41, 5.74) is 1.81. The number of nitrogens with one attached hydrogen (secondary N) is 1. The van der Waals surface area contributed by atoms with Crippen LogP contribution in [0.5, 0.6) is 0 Å². The molecule has 1 heterocycles. The third kappa shape index (κ3) is 4.04. The molecule has 0 fully saturated rings. The summed E-state index contributed by atoms with van der Waals surface area (Å²) in [5, 5.41) is 14.3. The van der Waals surface area contributed by atoms with Crippen LogP contribution in [0.2, 0.25) is 0 Å². The standard InChI is InChI=1S/C12H13Br2N5OS/c1-6-4-8(13)10(9(14)5-6)15-11(20)7(2)21-12-16-17-18-19(12)3/h4-5,7H,1-3H3,(H,15,20)/t7-/m0/s1. The number of hydrogen-bond donors (Lipinski definition) is 1. The van der Waals surface area contributed by atoms with Crippen LogP contribution in [0.15, 0.2) is 26.2 Å². The number of benzene rings is 1. The van der Waals surface area contributed by atoms with Gasteiger partial charge in [0.2, 0.25) is 11.1 Å². The van der Waals surface area contributed by atoms with Crippen molar-refractivity contribution in [2.45, 2.75) is 24.3 Å². The molecule has 112 valence electrons. The monoisotopic (exact) mass is 433 g/mol. The first-order valence-electron chi connectivity index (χ1n) is 6.04. The highest BCUT2D eigenvalue weighted by atomic mass is 79.9. The fourth-order valence-corrected chi connectivity index (χ4v) is 3.95. The Balaban J connectivity index is 2.09. The van der Waals surface area contributed by atoms with E-state index in [0.717, 1.165) is 14.5 Å². The second-order valence-corrected chi connectivity index (χ2v) is 7.45. The Kier molecular flexibility index (Phi) is 5.39. The van der Waals surface area contributed by atoms with E-state index in [1.165, 1.54) is 16.4 Å². The predicted octanol–water partition coefficient (Wildman–Crippen LogP) is 3.16. The van der Waals surface area contributed by atoms with Crippen molar-refractivity contribution in [3.05, 3.63) is 26.6 Å². The van der Waals surface area contributed by atoms with Gasteiger partial charge >= 0.3 is 0 Å². The maximum Gasteiger partial charge on any atom is 0.237 e. The Labute approximate surface area is 143 Å². The largest absolute Gasteiger partial charge is 0.323 e. The summed E-state index contributed by atoms with van der Waals surface area (Å²) in [6, 6.07) is 3.90. The van der Waals surface area contributed by atoms with Gasteiger partial charge in [0.25, 0.3) is 0 Å². The summed E-state index contributed by atoms with van der Waals surface area (Å²) < 4.78 is 3.20. The topological polar surface area (TPSA) is 72.7 Å². The average molecular weight is 435 g/mol. The average Bonchev–Trinajstić information content (AvgIpc) is 2.79. The minimum absolute atomic E-state index is 0.117. The van der Waals surface area contributed by atoms with Crippen LogP contribution in [0.1, 0.15) is 12.5 Å². The molecule has 6 nitrogen and oxygen atoms in total. The van der Waals surface area contributed by atoms with Gasteiger partial charge in [-0.15, -0.1) is 5.10 Å². The molecule has 0 aliphatic rings. The lowest BCUT2D eigenvalue weighted by atomic mass is 10.2. The van der Waals surface area contributed by atoms with E-state index in [1.807, 2.05) is 26.0 Å². The van der Waals surface area contributed by atoms with E-state index in [9.17, 15) is 4.79 Å². The highest BCUT2D eigenvalue weighted by Gasteiger charge is 2.19. The molecule has 1 atom stereocenters. The van der Waals surface area contributed by atoms with Crippen LogP contribution >= 0.6 is 43.6 Å². The molecule has 0 saturated carbocycles. The molecule has 2 rings (SSSR count). The van der Waals surface area contributed by atoms with Crippen molar-refractivity contribution in [3.63, 3.8) is 0 Å². The van der Waals surface area contributed by atoms with Gasteiger partial charge in [-0.2, -0.15) is 0 Å². The molecule has 0 saturated heterocycles. The molecule has 0 bridgehead atoms. The smallest absolute Gasteiger partial charge is 0.237 e. The van der Waals surface area contributed by atoms with Gasteiger partial charge in [-0.05, 0) is 73.8 Å². The van der Waals surface area contributed by atoms with Crippen molar-refractivity contribution in [2.75, 3.05) is 5.32 Å². The molecule has 1 N–H and O–H groups in total. The quantitative estimate of drug-likeness (QED) is 0.748. The van der Waals surface area contributed by atoms with Crippen molar-refractivity contribution in [1.82, 2.24) is 20.2 Å². The summed E-state index contributed by atoms with van der Waals surface area (Å²) in [7, 11) is 1.74. The molecule has 0 aliphatic heterocycles. The number of carbonyl (C=O) groups is 1. The van der Waals surface area contributed by atoms with Crippen LogP contribution in [0.25, 0.3) is 0 Å². The van der Waals surface area contributed by atoms with Crippen molar-refractivity contribution in [2.24, 2.45) is 7.05 Å². The molecule has 2 aromatic rings. The van der Waals surface area contributed by atoms with Gasteiger partial charge in [0.05, 0.1) is 10.9 Å². The van der Waals surface area contributed by atoms with Crippen LogP contribution in [-0.4, -0.2) is 31.4 Å². The van der Waals surface area contributed by atoms with Gasteiger partial charge in [-0.25, -0.2) is 4.68 Å². The van der Waals surface area contributed by atoms with Crippen molar-refractivity contribution in [1.29, 1.82) is 0 Å². The Bertz CT molecular complexity index is 652. The molecule has 9 heteroatoms. The van der Waals surface area contributed by atoms with Crippen molar-refractivity contribution < 1.29 is 4.79 Å². The number of amides is 1. The summed E-state index contributed by atoms with van der Waals surface area (Å²) >= 11 is 8.22. The van der Waals surface area contributed by atoms with E-state index < -0.39 is 0 Å². The molecule has 1 amide bonds. The lowest BCUT2D eigenvalue weighted by molar-refractivity contribution is -0.115. The highest BCUT2D eigenvalue weighted by Crippen LogP contribution is 2.33. The SMILES string of the molecule is Cc1cc(Br)c(NC(=O)[C@H](C)Sc2nnnn2C)c(Br)c1. The molecule has 1 aromatic carbocycles. The number of anilines is 1. The minimum atomic E-state index is -0.324. The number of nitrogens with zero attached hydrogens (tertiary/aromatic N) is 4. The predicted molar refractivity (Wildman–Crippen MR) is 89.3 cm³/mol. The van der Waals surface area contributed by atoms with Crippen molar-refractivity contribution in [3.8, 4) is 0 Å². The minimum Gasteiger partial charge on any atom is -0.323 e. The molecule has 0 spiro atoms. The van der Waals surface area contributed by atoms with Crippen LogP contribution in [0, 0.1) is 6.92 Å². The maximum absolute atomic E-state index is 12.3. The van der Waals surface area contributed by atoms with Gasteiger partial charge in [0.15, 0.2) is 0 Å². The zero-order valence-corrected chi connectivity index (χ0v) is 15.6. The number of hydrogen-bond acceptors (Lipinski definition) is 5. The molecule has 1 aromatic heterocycles. The highest BCUT2D eigenvalue weighted by molar-refractivity contribution is 9.11. The fourth-order valence-electron chi connectivity index (χ4n) is 1.58. The Morgan fingerprint density at radius 3 is 2.52 bits per heavy atom. The lowest BCUT2D eigenvalue weighted by Crippen LogP contribution is -2.23. The number of thioether (sulfide) groups is 1. The van der Waals surface area contributed by atoms with E-state index in [4.69, 9.17) is 0 Å². The molecular weight excluding hydrogens is 422 g/mol. The number of aryl methyl sites for hydroxylation is 2. The zero-order valence-electron chi connectivity index (χ0n) is 11.6. The second kappa shape index (κ2) is 6.89. The van der Waals surface area contributed by atoms with Gasteiger partial charge in [-0.1, -0.05) is 11.8 Å². The van der Waals surface area contributed by atoms with Crippen LogP contribution in [0.3, 0.4) is 0 Å². The lowest BCUT2D eigenvalue weighted by Gasteiger charge is -2.14. The van der Waals surface area contributed by atoms with Crippen molar-refractivity contribution >= 4 is 55.2 Å². The first-order chi connectivity index (χ1) is 9.88. The molecule has 0 aliphatic carbocycles. The first kappa shape index (κ1) is 16.4. The van der Waals surface area contributed by atoms with E-state index in [0.29, 0.717) is 10.8 Å². The van der Waals surface area contributed by atoms with E-state index in [2.05, 4.69) is 52.7 Å². The van der Waals surface area contributed by atoms with E-state index in [-0.39, 0.29) is 11.2 Å². The number of carbonyl (C=O) groups excluding carboxylic acids is 1. The molecular formula is C12H13Br2N5OS. The van der Waals surface area contributed by atoms with Gasteiger partial charge in [0, 0.05) is 16.0 Å². The van der Waals surface area contributed by atoms with Crippen LogP contribution < -0.4 is 5.32 Å². The summed E-state index contributed by atoms with van der Waals surface area (Å²) in [6.07, 6.45) is 0. The Morgan fingerprint density at radius 2 is 2.00 bits per heavy atom. The summed E-state index contributed by atoms with van der Waals surface area (Å²) in [5.74, 6) is -0.117. The molecule has 0 radical (unpaired) electrons. The fraction of sp³-hybridized carbons (Fsp3) is 0.333. The van der Waals surface area contributed by atoms with E-state index in [1.54, 1.807) is 7.05 Å². The number of tetrazole rings is 1. The van der Waals surface area contributed by atoms with Gasteiger partial charge in [-0.3, -0.25) is 4.79 Å². The van der Waals surface area contributed by atoms with E-state index >= 15 is 0 Å². The third-order valence-corrected chi connectivity index (χ3v) is 5.04. The number of rotatable bonds is 4. The third-order valence-electron chi connectivity index (χ3n) is 2.67. The zero-order chi connectivity index (χ0) is 15.6. The van der Waals surface area contributed by atoms with Gasteiger partial charge < -0.3 is 5.32 Å². The van der Waals surface area contributed by atoms with Gasteiger partial charge in [0.1, 0.15) is 0 Å². The number of aromatic nitrogens is 4. The first-order valence-corrected chi connectivity index (χ1v) is 8.50. The summed E-state index contributed by atoms with van der Waals surface area (Å²) in [6.45, 7) is 3.80. The molecule has 0 unspecified atom stereocenters. The second-order valence-electron chi connectivity index (χ2n) is 4.44. The Morgan fingerprint density at radius 1 is 1.38 bits per heavy atom. The Hall–Kier alpha value is -0.930. The van der Waals surface area contributed by atoms with Crippen LogP contribution in [-0.2, 0) is 11.8 Å².